The number of likely N-dealkylation sites (tertiary alicyclic amines) is 1. The van der Waals surface area contributed by atoms with Gasteiger partial charge in [0, 0.05) is 24.5 Å². The van der Waals surface area contributed by atoms with Crippen LogP contribution in [0.1, 0.15) is 62.6 Å². The van der Waals surface area contributed by atoms with Crippen LogP contribution >= 0.6 is 0 Å². The number of allylic oxidation sites excluding steroid dienone is 2. The van der Waals surface area contributed by atoms with Gasteiger partial charge in [0.15, 0.2) is 0 Å². The van der Waals surface area contributed by atoms with Crippen LogP contribution in [-0.4, -0.2) is 47.7 Å². The van der Waals surface area contributed by atoms with E-state index in [4.69, 9.17) is 0 Å². The maximum absolute atomic E-state index is 11.9. The van der Waals surface area contributed by atoms with E-state index in [-0.39, 0.29) is 11.5 Å². The third-order valence-corrected chi connectivity index (χ3v) is 8.38. The van der Waals surface area contributed by atoms with E-state index in [2.05, 4.69) is 48.5 Å². The number of amides is 1. The van der Waals surface area contributed by atoms with Gasteiger partial charge in [-0.2, -0.15) is 5.26 Å². The van der Waals surface area contributed by atoms with Crippen molar-refractivity contribution in [2.45, 2.75) is 69.4 Å². The molecule has 1 aromatic carbocycles. The summed E-state index contributed by atoms with van der Waals surface area (Å²) in [5.41, 5.74) is 4.49. The molecule has 0 spiro atoms. The minimum Gasteiger partial charge on any atom is -0.387 e. The predicted octanol–water partition coefficient (Wildman–Crippen LogP) is 4.42. The average Bonchev–Trinajstić information content (AvgIpc) is 3.59. The molecule has 0 aromatic heterocycles. The molecule has 1 unspecified atom stereocenters. The summed E-state index contributed by atoms with van der Waals surface area (Å²) in [6.07, 6.45) is 11.0. The Kier molecular flexibility index (Phi) is 7.35. The van der Waals surface area contributed by atoms with Crippen molar-refractivity contribution in [3.8, 4) is 6.07 Å². The number of benzene rings is 1. The molecule has 2 saturated carbocycles. The second-order valence-electron chi connectivity index (χ2n) is 11.2. The van der Waals surface area contributed by atoms with Crippen LogP contribution in [0.4, 0.5) is 0 Å². The van der Waals surface area contributed by atoms with Crippen LogP contribution in [0.5, 0.6) is 0 Å². The summed E-state index contributed by atoms with van der Waals surface area (Å²) < 4.78 is 0. The van der Waals surface area contributed by atoms with Gasteiger partial charge in [-0.1, -0.05) is 43.9 Å². The fourth-order valence-electron chi connectivity index (χ4n) is 6.73. The topological polar surface area (TPSA) is 76.4 Å². The van der Waals surface area contributed by atoms with E-state index in [0.29, 0.717) is 18.9 Å². The molecule has 35 heavy (non-hydrogen) atoms. The van der Waals surface area contributed by atoms with Crippen molar-refractivity contribution in [2.24, 2.45) is 11.8 Å². The fraction of sp³-hybridized carbons (Fsp3) is 0.533. The van der Waals surface area contributed by atoms with Crippen molar-refractivity contribution < 1.29 is 9.90 Å². The molecule has 2 bridgehead atoms. The van der Waals surface area contributed by atoms with Crippen molar-refractivity contribution >= 4 is 6.41 Å². The summed E-state index contributed by atoms with van der Waals surface area (Å²) in [6, 6.07) is 8.77. The first-order valence-electron chi connectivity index (χ1n) is 12.9. The number of nitrogens with zero attached hydrogens (tertiary/aromatic N) is 2. The Morgan fingerprint density at radius 1 is 1.31 bits per heavy atom. The van der Waals surface area contributed by atoms with Gasteiger partial charge in [0.05, 0.1) is 17.2 Å². The second-order valence-corrected chi connectivity index (χ2v) is 11.2. The quantitative estimate of drug-likeness (QED) is 0.454. The van der Waals surface area contributed by atoms with E-state index in [1.807, 2.05) is 25.1 Å². The average molecular weight is 474 g/mol. The summed E-state index contributed by atoms with van der Waals surface area (Å²) in [7, 11) is 0. The highest BCUT2D eigenvalue weighted by Gasteiger charge is 2.66. The van der Waals surface area contributed by atoms with Gasteiger partial charge >= 0.3 is 0 Å². The number of hydrogen-bond donors (Lipinski definition) is 2. The lowest BCUT2D eigenvalue weighted by Gasteiger charge is -2.59. The van der Waals surface area contributed by atoms with Gasteiger partial charge in [-0.25, -0.2) is 0 Å². The van der Waals surface area contributed by atoms with Crippen LogP contribution in [0.25, 0.3) is 0 Å². The van der Waals surface area contributed by atoms with Crippen LogP contribution in [0.15, 0.2) is 54.7 Å². The molecule has 0 radical (unpaired) electrons. The monoisotopic (exact) mass is 473 g/mol. The molecule has 4 aliphatic rings. The minimum absolute atomic E-state index is 0.127. The zero-order chi connectivity index (χ0) is 25.2. The van der Waals surface area contributed by atoms with Gasteiger partial charge in [-0.15, -0.1) is 0 Å². The van der Waals surface area contributed by atoms with Gasteiger partial charge in [0.1, 0.15) is 0 Å². The van der Waals surface area contributed by atoms with Crippen LogP contribution in [-0.2, 0) is 16.6 Å². The lowest BCUT2D eigenvalue weighted by atomic mass is 9.56. The molecule has 3 aliphatic carbocycles. The molecule has 1 heterocycles. The Morgan fingerprint density at radius 3 is 2.74 bits per heavy atom. The van der Waals surface area contributed by atoms with E-state index in [9.17, 15) is 15.2 Å². The lowest BCUT2D eigenvalue weighted by molar-refractivity contribution is -0.131. The predicted molar refractivity (Wildman–Crippen MR) is 140 cm³/mol. The number of fused-ring (bicyclic) bond motifs is 1. The normalized spacial score (nSPS) is 30.9. The van der Waals surface area contributed by atoms with Gasteiger partial charge in [0.25, 0.3) is 0 Å². The number of nitriles is 1. The Bertz CT molecular complexity index is 1070. The molecule has 5 heteroatoms. The van der Waals surface area contributed by atoms with Gasteiger partial charge in [-0.3, -0.25) is 9.69 Å². The maximum atomic E-state index is 11.9. The SMILES string of the molecule is C=C(C)/C=C\C(=C)CNC=O.CC1C[C@]23CCN(CC4CC4)[C@H](Cc4ccc(C#N)cc42)[C@]3(O)C1. The molecule has 1 aromatic rings. The third kappa shape index (κ3) is 5.01. The lowest BCUT2D eigenvalue weighted by Crippen LogP contribution is -2.69. The van der Waals surface area contributed by atoms with E-state index in [0.717, 1.165) is 54.9 Å². The molecule has 1 aliphatic heterocycles. The van der Waals surface area contributed by atoms with E-state index < -0.39 is 5.60 Å². The number of aliphatic hydroxyl groups is 1. The van der Waals surface area contributed by atoms with Crippen molar-refractivity contribution in [3.63, 3.8) is 0 Å². The largest absolute Gasteiger partial charge is 0.387 e. The van der Waals surface area contributed by atoms with Crippen molar-refractivity contribution in [2.75, 3.05) is 19.6 Å². The molecule has 1 saturated heterocycles. The van der Waals surface area contributed by atoms with Crippen LogP contribution in [0, 0.1) is 23.2 Å². The first-order chi connectivity index (χ1) is 16.7. The van der Waals surface area contributed by atoms with E-state index in [1.54, 1.807) is 0 Å². The first-order valence-corrected chi connectivity index (χ1v) is 12.9. The van der Waals surface area contributed by atoms with Crippen molar-refractivity contribution in [1.82, 2.24) is 10.2 Å². The summed E-state index contributed by atoms with van der Waals surface area (Å²) >= 11 is 0. The molecule has 186 valence electrons. The summed E-state index contributed by atoms with van der Waals surface area (Å²) in [5, 5.41) is 23.8. The minimum atomic E-state index is -0.610. The summed E-state index contributed by atoms with van der Waals surface area (Å²) in [6.45, 7) is 14.4. The van der Waals surface area contributed by atoms with E-state index in [1.165, 1.54) is 30.5 Å². The molecule has 3 fully saturated rings. The fourth-order valence-corrected chi connectivity index (χ4v) is 6.73. The standard InChI is InChI=1S/C21H26N2O.C9H13NO/c1-14-10-20-6-7-23(13-15-2-3-15)19(21(20,24)11-14)9-17-5-4-16(12-22)8-18(17)20;1-8(2)4-5-9(3)6-10-7-11/h4-5,8,14-15,19,24H,2-3,6-7,9-11,13H2,1H3;4-5,7H,1,3,6H2,2H3,(H,10,11)/b;5-4-/t14?,19-,20-,21-;/m1./s1. The van der Waals surface area contributed by atoms with Crippen LogP contribution in [0.3, 0.4) is 0 Å². The summed E-state index contributed by atoms with van der Waals surface area (Å²) in [4.78, 5) is 12.5. The summed E-state index contributed by atoms with van der Waals surface area (Å²) in [5.74, 6) is 1.41. The van der Waals surface area contributed by atoms with Crippen LogP contribution in [0.2, 0.25) is 0 Å². The zero-order valence-corrected chi connectivity index (χ0v) is 21.2. The van der Waals surface area contributed by atoms with Crippen molar-refractivity contribution in [3.05, 3.63) is 71.3 Å². The Morgan fingerprint density at radius 2 is 2.09 bits per heavy atom. The smallest absolute Gasteiger partial charge is 0.207 e. The Balaban J connectivity index is 0.000000225. The first kappa shape index (κ1) is 25.4. The van der Waals surface area contributed by atoms with E-state index >= 15 is 0 Å². The molecule has 5 nitrogen and oxygen atoms in total. The number of rotatable bonds is 7. The Hall–Kier alpha value is -2.68. The Labute approximate surface area is 210 Å². The van der Waals surface area contributed by atoms with Gasteiger partial charge in [-0.05, 0) is 92.7 Å². The number of carbonyl (C=O) groups excluding carboxylic acids is 1. The van der Waals surface area contributed by atoms with Gasteiger partial charge < -0.3 is 10.4 Å². The zero-order valence-electron chi connectivity index (χ0n) is 21.2. The highest BCUT2D eigenvalue weighted by Crippen LogP contribution is 2.61. The number of piperidine rings is 1. The molecular formula is C30H39N3O2. The second kappa shape index (κ2) is 10.1. The maximum Gasteiger partial charge on any atom is 0.207 e. The highest BCUT2D eigenvalue weighted by molar-refractivity contribution is 5.50. The molecule has 5 rings (SSSR count). The number of hydrogen-bond acceptors (Lipinski definition) is 4. The molecular weight excluding hydrogens is 434 g/mol. The third-order valence-electron chi connectivity index (χ3n) is 8.38. The molecule has 1 amide bonds. The number of carbonyl (C=O) groups is 1. The highest BCUT2D eigenvalue weighted by atomic mass is 16.3. The van der Waals surface area contributed by atoms with Crippen molar-refractivity contribution in [1.29, 1.82) is 5.26 Å². The van der Waals surface area contributed by atoms with Gasteiger partial charge in [0.2, 0.25) is 6.41 Å². The molecule has 4 atom stereocenters. The van der Waals surface area contributed by atoms with Crippen LogP contribution < -0.4 is 5.32 Å². The number of nitrogens with one attached hydrogen (secondary N) is 1. The molecule has 2 N–H and O–H groups in total.